The van der Waals surface area contributed by atoms with Gasteiger partial charge >= 0.3 is 11.9 Å². The fourth-order valence-corrected chi connectivity index (χ4v) is 1.58. The molecule has 3 atom stereocenters. The van der Waals surface area contributed by atoms with E-state index in [9.17, 15) is 9.59 Å². The smallest absolute Gasteiger partial charge is 0.348 e. The molecule has 0 saturated carbocycles. The monoisotopic (exact) mass is 240 g/mol. The topological polar surface area (TPSA) is 65.1 Å². The van der Waals surface area contributed by atoms with Crippen LogP contribution in [0.5, 0.6) is 0 Å². The minimum absolute atomic E-state index is 0.378. The van der Waals surface area contributed by atoms with Crippen molar-refractivity contribution < 1.29 is 23.8 Å². The lowest BCUT2D eigenvalue weighted by atomic mass is 10.2. The summed E-state index contributed by atoms with van der Waals surface area (Å²) in [4.78, 5) is 22.6. The Labute approximate surface area is 99.7 Å². The number of hydrogen-bond donors (Lipinski definition) is 0. The highest BCUT2D eigenvalue weighted by atomic mass is 16.6. The Bertz CT molecular complexity index is 332. The zero-order valence-electron chi connectivity index (χ0n) is 9.76. The standard InChI is InChI=1S/C12H16O5/c1-8-11(13)17-10(12(14)16-8)6-4-2-3-5-9-7-15-9/h2,4,8-10H,3,5-7H2,1H3/b4-2+. The van der Waals surface area contributed by atoms with Crippen molar-refractivity contribution in [2.45, 2.75) is 44.5 Å². The number of carbonyl (C=O) groups is 2. The normalized spacial score (nSPS) is 32.4. The van der Waals surface area contributed by atoms with Crippen molar-refractivity contribution in [3.63, 3.8) is 0 Å². The number of hydrogen-bond acceptors (Lipinski definition) is 5. The predicted octanol–water partition coefficient (Wildman–Crippen LogP) is 0.969. The van der Waals surface area contributed by atoms with Gasteiger partial charge < -0.3 is 14.2 Å². The quantitative estimate of drug-likeness (QED) is 0.407. The third-order valence-electron chi connectivity index (χ3n) is 2.72. The zero-order chi connectivity index (χ0) is 12.3. The van der Waals surface area contributed by atoms with Crippen LogP contribution in [0.15, 0.2) is 12.2 Å². The van der Waals surface area contributed by atoms with Gasteiger partial charge in [0.2, 0.25) is 6.10 Å². The maximum absolute atomic E-state index is 11.4. The molecule has 0 N–H and O–H groups in total. The lowest BCUT2D eigenvalue weighted by Crippen LogP contribution is -2.42. The second-order valence-corrected chi connectivity index (χ2v) is 4.24. The Kier molecular flexibility index (Phi) is 3.78. The van der Waals surface area contributed by atoms with Crippen molar-refractivity contribution >= 4 is 11.9 Å². The first kappa shape index (κ1) is 12.1. The van der Waals surface area contributed by atoms with Crippen molar-refractivity contribution in [1.29, 1.82) is 0 Å². The summed E-state index contributed by atoms with van der Waals surface area (Å²) in [5.74, 6) is -0.943. The molecule has 0 bridgehead atoms. The number of epoxide rings is 1. The van der Waals surface area contributed by atoms with Crippen LogP contribution in [0.25, 0.3) is 0 Å². The molecule has 0 radical (unpaired) electrons. The number of cyclic esters (lactones) is 2. The third kappa shape index (κ3) is 3.56. The SMILES string of the molecule is CC1OC(=O)C(C/C=C/CCC2CO2)OC1=O. The molecule has 2 saturated heterocycles. The van der Waals surface area contributed by atoms with Gasteiger partial charge in [-0.1, -0.05) is 12.2 Å². The molecule has 0 aromatic heterocycles. The Morgan fingerprint density at radius 1 is 1.24 bits per heavy atom. The van der Waals surface area contributed by atoms with Gasteiger partial charge in [0.25, 0.3) is 0 Å². The summed E-state index contributed by atoms with van der Waals surface area (Å²) in [6.07, 6.45) is 4.96. The predicted molar refractivity (Wildman–Crippen MR) is 58.2 cm³/mol. The second-order valence-electron chi connectivity index (χ2n) is 4.24. The van der Waals surface area contributed by atoms with Gasteiger partial charge in [-0.2, -0.15) is 0 Å². The lowest BCUT2D eigenvalue weighted by molar-refractivity contribution is -0.193. The minimum atomic E-state index is -0.785. The summed E-state index contributed by atoms with van der Waals surface area (Å²) >= 11 is 0. The molecule has 5 heteroatoms. The molecule has 5 nitrogen and oxygen atoms in total. The van der Waals surface area contributed by atoms with Gasteiger partial charge in [-0.15, -0.1) is 0 Å². The van der Waals surface area contributed by atoms with E-state index in [4.69, 9.17) is 14.2 Å². The summed E-state index contributed by atoms with van der Waals surface area (Å²) in [6, 6.07) is 0. The summed E-state index contributed by atoms with van der Waals surface area (Å²) in [6.45, 7) is 2.36. The molecular formula is C12H16O5. The summed E-state index contributed by atoms with van der Waals surface area (Å²) in [5.41, 5.74) is 0. The molecule has 2 heterocycles. The van der Waals surface area contributed by atoms with Crippen molar-refractivity contribution in [2.75, 3.05) is 6.61 Å². The van der Waals surface area contributed by atoms with Crippen LogP contribution in [0.1, 0.15) is 26.2 Å². The molecule has 0 amide bonds. The first-order chi connectivity index (χ1) is 8.16. The highest BCUT2D eigenvalue weighted by molar-refractivity contribution is 5.87. The molecular weight excluding hydrogens is 224 g/mol. The maximum Gasteiger partial charge on any atom is 0.348 e. The van der Waals surface area contributed by atoms with E-state index in [0.717, 1.165) is 19.4 Å². The van der Waals surface area contributed by atoms with E-state index < -0.39 is 24.1 Å². The maximum atomic E-state index is 11.4. The van der Waals surface area contributed by atoms with E-state index in [1.165, 1.54) is 6.92 Å². The Morgan fingerprint density at radius 3 is 2.71 bits per heavy atom. The van der Waals surface area contributed by atoms with Crippen LogP contribution >= 0.6 is 0 Å². The van der Waals surface area contributed by atoms with Gasteiger partial charge in [-0.3, -0.25) is 0 Å². The number of ether oxygens (including phenoxy) is 3. The van der Waals surface area contributed by atoms with Crippen LogP contribution < -0.4 is 0 Å². The number of allylic oxidation sites excluding steroid dienone is 1. The van der Waals surface area contributed by atoms with Crippen molar-refractivity contribution in [3.05, 3.63) is 12.2 Å². The third-order valence-corrected chi connectivity index (χ3v) is 2.72. The first-order valence-corrected chi connectivity index (χ1v) is 5.84. The van der Waals surface area contributed by atoms with Gasteiger partial charge in [-0.05, 0) is 19.8 Å². The van der Waals surface area contributed by atoms with E-state index in [2.05, 4.69) is 0 Å². The average Bonchev–Trinajstić information content (AvgIpc) is 3.08. The van der Waals surface area contributed by atoms with Crippen LogP contribution in [0, 0.1) is 0 Å². The zero-order valence-corrected chi connectivity index (χ0v) is 9.76. The van der Waals surface area contributed by atoms with Crippen LogP contribution in [-0.2, 0) is 23.8 Å². The lowest BCUT2D eigenvalue weighted by Gasteiger charge is -2.24. The van der Waals surface area contributed by atoms with Crippen LogP contribution in [0.2, 0.25) is 0 Å². The van der Waals surface area contributed by atoms with Crippen molar-refractivity contribution in [1.82, 2.24) is 0 Å². The fourth-order valence-electron chi connectivity index (χ4n) is 1.58. The van der Waals surface area contributed by atoms with Crippen LogP contribution in [-0.4, -0.2) is 36.9 Å². The second kappa shape index (κ2) is 5.31. The molecule has 2 aliphatic heterocycles. The minimum Gasteiger partial charge on any atom is -0.448 e. The van der Waals surface area contributed by atoms with Crippen LogP contribution in [0.3, 0.4) is 0 Å². The van der Waals surface area contributed by atoms with E-state index in [0.29, 0.717) is 12.5 Å². The summed E-state index contributed by atoms with van der Waals surface area (Å²) in [5, 5.41) is 0. The summed E-state index contributed by atoms with van der Waals surface area (Å²) in [7, 11) is 0. The number of carbonyl (C=O) groups excluding carboxylic acids is 2. The van der Waals surface area contributed by atoms with Gasteiger partial charge in [-0.25, -0.2) is 9.59 Å². The van der Waals surface area contributed by atoms with E-state index in [1.54, 1.807) is 0 Å². The van der Waals surface area contributed by atoms with Crippen molar-refractivity contribution in [3.8, 4) is 0 Å². The molecule has 2 rings (SSSR count). The highest BCUT2D eigenvalue weighted by Gasteiger charge is 2.34. The molecule has 17 heavy (non-hydrogen) atoms. The molecule has 2 fully saturated rings. The average molecular weight is 240 g/mol. The van der Waals surface area contributed by atoms with E-state index >= 15 is 0 Å². The van der Waals surface area contributed by atoms with E-state index in [-0.39, 0.29) is 0 Å². The van der Waals surface area contributed by atoms with Crippen molar-refractivity contribution in [2.24, 2.45) is 0 Å². The number of esters is 2. The first-order valence-electron chi connectivity index (χ1n) is 5.84. The Balaban J connectivity index is 1.70. The summed E-state index contributed by atoms with van der Waals surface area (Å²) < 4.78 is 14.9. The van der Waals surface area contributed by atoms with Gasteiger partial charge in [0.15, 0.2) is 6.10 Å². The highest BCUT2D eigenvalue weighted by Crippen LogP contribution is 2.16. The molecule has 0 aliphatic carbocycles. The molecule has 3 unspecified atom stereocenters. The Morgan fingerprint density at radius 2 is 2.00 bits per heavy atom. The number of rotatable bonds is 5. The van der Waals surface area contributed by atoms with Gasteiger partial charge in [0, 0.05) is 6.42 Å². The largest absolute Gasteiger partial charge is 0.448 e. The molecule has 0 spiro atoms. The molecule has 0 aromatic rings. The van der Waals surface area contributed by atoms with Gasteiger partial charge in [0.1, 0.15) is 0 Å². The molecule has 0 aromatic carbocycles. The fraction of sp³-hybridized carbons (Fsp3) is 0.667. The van der Waals surface area contributed by atoms with Crippen LogP contribution in [0.4, 0.5) is 0 Å². The van der Waals surface area contributed by atoms with Gasteiger partial charge in [0.05, 0.1) is 12.7 Å². The van der Waals surface area contributed by atoms with E-state index in [1.807, 2.05) is 12.2 Å². The molecule has 94 valence electrons. The molecule has 2 aliphatic rings. The Hall–Kier alpha value is -1.36.